The predicted molar refractivity (Wildman–Crippen MR) is 116 cm³/mol. The number of amides is 1. The summed E-state index contributed by atoms with van der Waals surface area (Å²) in [5.74, 6) is -0.865. The van der Waals surface area contributed by atoms with E-state index in [-0.39, 0.29) is 41.5 Å². The molecular weight excluding hydrogens is 440 g/mol. The molecule has 0 spiro atoms. The van der Waals surface area contributed by atoms with Gasteiger partial charge in [0.05, 0.1) is 28.6 Å². The fourth-order valence-corrected chi connectivity index (χ4v) is 3.44. The molecule has 0 aliphatic heterocycles. The van der Waals surface area contributed by atoms with Gasteiger partial charge in [-0.3, -0.25) is 14.9 Å². The van der Waals surface area contributed by atoms with E-state index in [0.717, 1.165) is 18.4 Å². The molecule has 2 aromatic rings. The van der Waals surface area contributed by atoms with Crippen molar-refractivity contribution in [3.63, 3.8) is 0 Å². The van der Waals surface area contributed by atoms with Crippen LogP contribution in [0.15, 0.2) is 47.4 Å². The zero-order chi connectivity index (χ0) is 23.9. The zero-order valence-electron chi connectivity index (χ0n) is 17.9. The summed E-state index contributed by atoms with van der Waals surface area (Å²) in [6.07, 6.45) is 1.53. The van der Waals surface area contributed by atoms with Crippen LogP contribution in [0.4, 0.5) is 5.69 Å². The van der Waals surface area contributed by atoms with Gasteiger partial charge in [0.1, 0.15) is 5.75 Å². The van der Waals surface area contributed by atoms with E-state index in [1.54, 1.807) is 19.1 Å². The van der Waals surface area contributed by atoms with Crippen LogP contribution in [0.5, 0.6) is 5.75 Å². The number of esters is 1. The molecule has 10 nitrogen and oxygen atoms in total. The Balaban J connectivity index is 2.02. The van der Waals surface area contributed by atoms with Crippen molar-refractivity contribution in [2.24, 2.45) is 0 Å². The summed E-state index contributed by atoms with van der Waals surface area (Å²) >= 11 is 0. The van der Waals surface area contributed by atoms with Crippen molar-refractivity contribution in [1.29, 1.82) is 0 Å². The first-order chi connectivity index (χ1) is 15.0. The largest absolute Gasteiger partial charge is 0.493 e. The van der Waals surface area contributed by atoms with E-state index in [1.165, 1.54) is 30.1 Å². The van der Waals surface area contributed by atoms with E-state index in [2.05, 4.69) is 0 Å². The number of hydrogen-bond donors (Lipinski definition) is 0. The minimum atomic E-state index is -3.35. The van der Waals surface area contributed by atoms with Gasteiger partial charge < -0.3 is 14.4 Å². The molecule has 0 saturated heterocycles. The summed E-state index contributed by atoms with van der Waals surface area (Å²) in [5.41, 5.74) is -0.472. The van der Waals surface area contributed by atoms with E-state index in [4.69, 9.17) is 9.47 Å². The van der Waals surface area contributed by atoms with Gasteiger partial charge in [-0.15, -0.1) is 0 Å². The molecule has 0 radical (unpaired) electrons. The molecule has 0 unspecified atom stereocenters. The number of ether oxygens (including phenoxy) is 2. The molecule has 0 N–H and O–H groups in total. The van der Waals surface area contributed by atoms with Crippen molar-refractivity contribution in [1.82, 2.24) is 4.90 Å². The van der Waals surface area contributed by atoms with Gasteiger partial charge >= 0.3 is 5.97 Å². The van der Waals surface area contributed by atoms with Crippen LogP contribution in [0.1, 0.15) is 34.1 Å². The van der Waals surface area contributed by atoms with E-state index >= 15 is 0 Å². The summed E-state index contributed by atoms with van der Waals surface area (Å²) in [6, 6.07) is 9.52. The fourth-order valence-electron chi connectivity index (χ4n) is 2.78. The van der Waals surface area contributed by atoms with E-state index in [1.807, 2.05) is 0 Å². The Labute approximate surface area is 185 Å². The SMILES string of the molecule is CCOC(=O)c1cc(C(=O)N(C)CCCOc2cccc(S(C)(=O)=O)c2)cc([N+](=O)[O-])c1. The van der Waals surface area contributed by atoms with Crippen LogP contribution < -0.4 is 4.74 Å². The van der Waals surface area contributed by atoms with Crippen molar-refractivity contribution in [3.05, 3.63) is 63.7 Å². The first-order valence-electron chi connectivity index (χ1n) is 9.68. The van der Waals surface area contributed by atoms with Gasteiger partial charge in [0.25, 0.3) is 11.6 Å². The van der Waals surface area contributed by atoms with Crippen molar-refractivity contribution in [2.45, 2.75) is 18.2 Å². The first-order valence-corrected chi connectivity index (χ1v) is 11.6. The maximum atomic E-state index is 12.7. The van der Waals surface area contributed by atoms with Gasteiger partial charge in [0.2, 0.25) is 0 Å². The lowest BCUT2D eigenvalue weighted by molar-refractivity contribution is -0.384. The van der Waals surface area contributed by atoms with E-state index < -0.39 is 26.6 Å². The van der Waals surface area contributed by atoms with Crippen LogP contribution in [0, 0.1) is 10.1 Å². The number of sulfone groups is 1. The van der Waals surface area contributed by atoms with Crippen molar-refractivity contribution >= 4 is 27.4 Å². The lowest BCUT2D eigenvalue weighted by Crippen LogP contribution is -2.29. The summed E-state index contributed by atoms with van der Waals surface area (Å²) < 4.78 is 33.6. The number of non-ortho nitro benzene ring substituents is 1. The van der Waals surface area contributed by atoms with Crippen LogP contribution in [-0.4, -0.2) is 63.2 Å². The summed E-state index contributed by atoms with van der Waals surface area (Å²) in [7, 11) is -1.82. The number of carbonyl (C=O) groups excluding carboxylic acids is 2. The maximum Gasteiger partial charge on any atom is 0.338 e. The number of nitro benzene ring substituents is 1. The number of hydrogen-bond acceptors (Lipinski definition) is 8. The van der Waals surface area contributed by atoms with Crippen LogP contribution in [0.25, 0.3) is 0 Å². The Bertz CT molecular complexity index is 1110. The maximum absolute atomic E-state index is 12.7. The fraction of sp³-hybridized carbons (Fsp3) is 0.333. The molecule has 0 heterocycles. The van der Waals surface area contributed by atoms with Crippen LogP contribution in [0.2, 0.25) is 0 Å². The Hall–Kier alpha value is -3.47. The molecule has 32 heavy (non-hydrogen) atoms. The summed E-state index contributed by atoms with van der Waals surface area (Å²) in [5, 5.41) is 11.2. The third kappa shape index (κ3) is 6.77. The molecule has 0 bridgehead atoms. The minimum Gasteiger partial charge on any atom is -0.493 e. The highest BCUT2D eigenvalue weighted by Crippen LogP contribution is 2.20. The highest BCUT2D eigenvalue weighted by atomic mass is 32.2. The first kappa shape index (κ1) is 24.8. The molecular formula is C21H24N2O8S. The molecule has 0 atom stereocenters. The normalized spacial score (nSPS) is 11.0. The second kappa shape index (κ2) is 10.7. The average molecular weight is 464 g/mol. The molecule has 2 rings (SSSR count). The minimum absolute atomic E-state index is 0.00785. The summed E-state index contributed by atoms with van der Waals surface area (Å²) in [4.78, 5) is 36.7. The van der Waals surface area contributed by atoms with Gasteiger partial charge in [0, 0.05) is 37.5 Å². The van der Waals surface area contributed by atoms with Crippen LogP contribution in [-0.2, 0) is 14.6 Å². The Kier molecular flexibility index (Phi) is 8.30. The van der Waals surface area contributed by atoms with Crippen molar-refractivity contribution in [3.8, 4) is 5.75 Å². The third-order valence-electron chi connectivity index (χ3n) is 4.37. The van der Waals surface area contributed by atoms with Gasteiger partial charge in [0.15, 0.2) is 9.84 Å². The van der Waals surface area contributed by atoms with E-state index in [9.17, 15) is 28.1 Å². The molecule has 1 amide bonds. The number of rotatable bonds is 10. The lowest BCUT2D eigenvalue weighted by Gasteiger charge is -2.18. The summed E-state index contributed by atoms with van der Waals surface area (Å²) in [6.45, 7) is 2.18. The standard InChI is InChI=1S/C21H24N2O8S/c1-4-30-21(25)16-11-15(12-17(13-16)23(26)27)20(24)22(2)9-6-10-31-18-7-5-8-19(14-18)32(3,28)29/h5,7-8,11-14H,4,6,9-10H2,1-3H3. The smallest absolute Gasteiger partial charge is 0.338 e. The van der Waals surface area contributed by atoms with Gasteiger partial charge in [-0.1, -0.05) is 6.07 Å². The van der Waals surface area contributed by atoms with Crippen molar-refractivity contribution < 1.29 is 32.4 Å². The topological polar surface area (TPSA) is 133 Å². The van der Waals surface area contributed by atoms with Crippen LogP contribution in [0.3, 0.4) is 0 Å². The Morgan fingerprint density at radius 3 is 2.44 bits per heavy atom. The van der Waals surface area contributed by atoms with Gasteiger partial charge in [-0.2, -0.15) is 0 Å². The lowest BCUT2D eigenvalue weighted by atomic mass is 10.1. The number of benzene rings is 2. The second-order valence-electron chi connectivity index (χ2n) is 6.92. The molecule has 0 fully saturated rings. The van der Waals surface area contributed by atoms with Gasteiger partial charge in [-0.25, -0.2) is 13.2 Å². The third-order valence-corrected chi connectivity index (χ3v) is 5.48. The van der Waals surface area contributed by atoms with Crippen LogP contribution >= 0.6 is 0 Å². The molecule has 0 aliphatic rings. The molecule has 2 aromatic carbocycles. The quantitative estimate of drug-likeness (QED) is 0.227. The average Bonchev–Trinajstić information content (AvgIpc) is 2.75. The Morgan fingerprint density at radius 2 is 1.81 bits per heavy atom. The van der Waals surface area contributed by atoms with E-state index in [0.29, 0.717) is 12.2 Å². The van der Waals surface area contributed by atoms with Crippen molar-refractivity contribution in [2.75, 3.05) is 33.1 Å². The molecule has 0 aliphatic carbocycles. The number of carbonyl (C=O) groups is 2. The second-order valence-corrected chi connectivity index (χ2v) is 8.94. The predicted octanol–water partition coefficient (Wildman–Crippen LogP) is 2.72. The highest BCUT2D eigenvalue weighted by molar-refractivity contribution is 7.90. The molecule has 0 saturated carbocycles. The molecule has 11 heteroatoms. The molecule has 0 aromatic heterocycles. The highest BCUT2D eigenvalue weighted by Gasteiger charge is 2.20. The monoisotopic (exact) mass is 464 g/mol. The number of nitrogens with zero attached hydrogens (tertiary/aromatic N) is 2. The number of nitro groups is 1. The molecule has 172 valence electrons. The van der Waals surface area contributed by atoms with Gasteiger partial charge in [-0.05, 0) is 37.6 Å². The zero-order valence-corrected chi connectivity index (χ0v) is 18.8. The Morgan fingerprint density at radius 1 is 1.12 bits per heavy atom.